The molecule has 1 aromatic rings. The lowest BCUT2D eigenvalue weighted by Crippen LogP contribution is -2.09. The molecule has 0 aliphatic carbocycles. The zero-order chi connectivity index (χ0) is 11.3. The predicted molar refractivity (Wildman–Crippen MR) is 51.1 cm³/mol. The van der Waals surface area contributed by atoms with Gasteiger partial charge in [0.1, 0.15) is 5.56 Å². The Morgan fingerprint density at radius 1 is 1.33 bits per heavy atom. The lowest BCUT2D eigenvalue weighted by Gasteiger charge is -2.06. The monoisotopic (exact) mass is 212 g/mol. The van der Waals surface area contributed by atoms with Crippen LogP contribution in [0.2, 0.25) is 0 Å². The average Bonchev–Trinajstić information content (AvgIpc) is 2.28. The molecule has 6 nitrogen and oxygen atoms in total. The Bertz CT molecular complexity index is 354. The lowest BCUT2D eigenvalue weighted by molar-refractivity contribution is 0.0520. The second kappa shape index (κ2) is 5.14. The molecular formula is C9H12N2O4. The Balaban J connectivity index is 3.05. The molecule has 0 spiro atoms. The molecule has 1 aromatic heterocycles. The topological polar surface area (TPSA) is 70.5 Å². The van der Waals surface area contributed by atoms with Gasteiger partial charge in [0.2, 0.25) is 11.8 Å². The van der Waals surface area contributed by atoms with E-state index in [0.717, 1.165) is 0 Å². The van der Waals surface area contributed by atoms with Crippen LogP contribution in [0.15, 0.2) is 6.07 Å². The van der Waals surface area contributed by atoms with E-state index in [4.69, 9.17) is 14.2 Å². The van der Waals surface area contributed by atoms with Crippen LogP contribution < -0.4 is 9.47 Å². The number of aromatic nitrogens is 2. The summed E-state index contributed by atoms with van der Waals surface area (Å²) in [5.41, 5.74) is 0.200. The van der Waals surface area contributed by atoms with E-state index in [2.05, 4.69) is 10.2 Å². The van der Waals surface area contributed by atoms with Gasteiger partial charge in [0.15, 0.2) is 0 Å². The van der Waals surface area contributed by atoms with Crippen LogP contribution in [0, 0.1) is 0 Å². The molecule has 0 fully saturated rings. The fourth-order valence-corrected chi connectivity index (χ4v) is 0.968. The van der Waals surface area contributed by atoms with Gasteiger partial charge in [0, 0.05) is 6.07 Å². The van der Waals surface area contributed by atoms with Crippen molar-refractivity contribution in [3.8, 4) is 11.8 Å². The summed E-state index contributed by atoms with van der Waals surface area (Å²) in [7, 11) is 2.84. The summed E-state index contributed by atoms with van der Waals surface area (Å²) in [5.74, 6) is -0.157. The van der Waals surface area contributed by atoms with Crippen LogP contribution in [0.3, 0.4) is 0 Å². The van der Waals surface area contributed by atoms with E-state index in [1.54, 1.807) is 6.92 Å². The maximum absolute atomic E-state index is 11.5. The fraction of sp³-hybridized carbons (Fsp3) is 0.444. The van der Waals surface area contributed by atoms with Crippen molar-refractivity contribution >= 4 is 5.97 Å². The number of ether oxygens (including phenoxy) is 3. The Labute approximate surface area is 87.2 Å². The Morgan fingerprint density at radius 3 is 2.60 bits per heavy atom. The zero-order valence-corrected chi connectivity index (χ0v) is 8.81. The molecule has 0 saturated heterocycles. The van der Waals surface area contributed by atoms with Crippen LogP contribution in [0.5, 0.6) is 11.8 Å². The Hall–Kier alpha value is -1.85. The first-order valence-electron chi connectivity index (χ1n) is 4.35. The van der Waals surface area contributed by atoms with Crippen molar-refractivity contribution in [2.75, 3.05) is 20.8 Å². The summed E-state index contributed by atoms with van der Waals surface area (Å²) < 4.78 is 14.6. The minimum atomic E-state index is -0.512. The van der Waals surface area contributed by atoms with E-state index >= 15 is 0 Å². The van der Waals surface area contributed by atoms with Crippen LogP contribution in [-0.2, 0) is 4.74 Å². The molecule has 0 bridgehead atoms. The van der Waals surface area contributed by atoms with E-state index in [9.17, 15) is 4.79 Å². The number of methoxy groups -OCH3 is 2. The van der Waals surface area contributed by atoms with Gasteiger partial charge in [0.05, 0.1) is 20.8 Å². The van der Waals surface area contributed by atoms with Crippen LogP contribution >= 0.6 is 0 Å². The predicted octanol–water partition coefficient (Wildman–Crippen LogP) is 0.670. The maximum atomic E-state index is 11.5. The Morgan fingerprint density at radius 2 is 2.07 bits per heavy atom. The van der Waals surface area contributed by atoms with Gasteiger partial charge >= 0.3 is 5.97 Å². The summed E-state index contributed by atoms with van der Waals surface area (Å²) in [6.07, 6.45) is 0. The highest BCUT2D eigenvalue weighted by atomic mass is 16.5. The highest BCUT2D eigenvalue weighted by Gasteiger charge is 2.16. The average molecular weight is 212 g/mol. The molecule has 0 aromatic carbocycles. The summed E-state index contributed by atoms with van der Waals surface area (Å²) in [6.45, 7) is 2.00. The number of esters is 1. The van der Waals surface area contributed by atoms with Crippen molar-refractivity contribution < 1.29 is 19.0 Å². The first-order valence-corrected chi connectivity index (χ1v) is 4.35. The highest BCUT2D eigenvalue weighted by molar-refractivity contribution is 5.92. The molecule has 0 radical (unpaired) electrons. The van der Waals surface area contributed by atoms with Crippen molar-refractivity contribution in [2.45, 2.75) is 6.92 Å². The van der Waals surface area contributed by atoms with Crippen molar-refractivity contribution in [2.24, 2.45) is 0 Å². The zero-order valence-electron chi connectivity index (χ0n) is 8.81. The Kier molecular flexibility index (Phi) is 3.84. The maximum Gasteiger partial charge on any atom is 0.343 e. The second-order valence-electron chi connectivity index (χ2n) is 2.53. The third kappa shape index (κ3) is 2.55. The van der Waals surface area contributed by atoms with Crippen molar-refractivity contribution in [3.63, 3.8) is 0 Å². The summed E-state index contributed by atoms with van der Waals surface area (Å²) in [4.78, 5) is 11.5. The van der Waals surface area contributed by atoms with Gasteiger partial charge in [-0.1, -0.05) is 0 Å². The first kappa shape index (κ1) is 11.2. The summed E-state index contributed by atoms with van der Waals surface area (Å²) >= 11 is 0. The third-order valence-corrected chi connectivity index (χ3v) is 1.64. The van der Waals surface area contributed by atoms with Crippen LogP contribution in [-0.4, -0.2) is 37.0 Å². The molecule has 0 amide bonds. The minimum absolute atomic E-state index is 0.120. The lowest BCUT2D eigenvalue weighted by atomic mass is 10.3. The molecular weight excluding hydrogens is 200 g/mol. The van der Waals surface area contributed by atoms with Crippen LogP contribution in [0.25, 0.3) is 0 Å². The number of nitrogens with zero attached hydrogens (tertiary/aromatic N) is 2. The van der Waals surface area contributed by atoms with Crippen LogP contribution in [0.1, 0.15) is 17.3 Å². The molecule has 0 N–H and O–H groups in total. The van der Waals surface area contributed by atoms with Gasteiger partial charge in [-0.05, 0) is 6.92 Å². The molecule has 82 valence electrons. The van der Waals surface area contributed by atoms with E-state index in [-0.39, 0.29) is 23.9 Å². The van der Waals surface area contributed by atoms with E-state index < -0.39 is 5.97 Å². The first-order chi connectivity index (χ1) is 7.22. The summed E-state index contributed by atoms with van der Waals surface area (Å²) in [6, 6.07) is 1.42. The smallest absolute Gasteiger partial charge is 0.343 e. The molecule has 15 heavy (non-hydrogen) atoms. The molecule has 0 aliphatic heterocycles. The van der Waals surface area contributed by atoms with E-state index in [1.165, 1.54) is 20.3 Å². The van der Waals surface area contributed by atoms with E-state index in [0.29, 0.717) is 0 Å². The third-order valence-electron chi connectivity index (χ3n) is 1.64. The molecule has 0 atom stereocenters. The molecule has 6 heteroatoms. The standard InChI is InChI=1S/C9H12N2O4/c1-4-15-9(12)6-5-7(13-2)10-11-8(6)14-3/h5H,4H2,1-3H3. The highest BCUT2D eigenvalue weighted by Crippen LogP contribution is 2.18. The van der Waals surface area contributed by atoms with Crippen molar-refractivity contribution in [1.82, 2.24) is 10.2 Å². The van der Waals surface area contributed by atoms with Gasteiger partial charge in [0.25, 0.3) is 0 Å². The molecule has 0 saturated carbocycles. The van der Waals surface area contributed by atoms with Gasteiger partial charge in [-0.3, -0.25) is 0 Å². The van der Waals surface area contributed by atoms with Crippen LogP contribution in [0.4, 0.5) is 0 Å². The van der Waals surface area contributed by atoms with Crippen molar-refractivity contribution in [1.29, 1.82) is 0 Å². The molecule has 0 unspecified atom stereocenters. The van der Waals surface area contributed by atoms with Crippen molar-refractivity contribution in [3.05, 3.63) is 11.6 Å². The minimum Gasteiger partial charge on any atom is -0.480 e. The number of carbonyl (C=O) groups is 1. The number of rotatable bonds is 4. The normalized spacial score (nSPS) is 9.53. The van der Waals surface area contributed by atoms with Gasteiger partial charge < -0.3 is 14.2 Å². The number of hydrogen-bond donors (Lipinski definition) is 0. The second-order valence-corrected chi connectivity index (χ2v) is 2.53. The van der Waals surface area contributed by atoms with E-state index in [1.807, 2.05) is 0 Å². The van der Waals surface area contributed by atoms with Gasteiger partial charge in [-0.15, -0.1) is 10.2 Å². The summed E-state index contributed by atoms with van der Waals surface area (Å²) in [5, 5.41) is 7.34. The quantitative estimate of drug-likeness (QED) is 0.683. The fourth-order valence-electron chi connectivity index (χ4n) is 0.968. The number of hydrogen-bond acceptors (Lipinski definition) is 6. The largest absolute Gasteiger partial charge is 0.480 e. The SMILES string of the molecule is CCOC(=O)c1cc(OC)nnc1OC. The molecule has 1 heterocycles. The molecule has 1 rings (SSSR count). The molecule has 0 aliphatic rings. The van der Waals surface area contributed by atoms with Gasteiger partial charge in [-0.2, -0.15) is 0 Å². The number of carbonyl (C=O) groups excluding carboxylic acids is 1. The van der Waals surface area contributed by atoms with Gasteiger partial charge in [-0.25, -0.2) is 4.79 Å².